The van der Waals surface area contributed by atoms with Crippen molar-refractivity contribution in [1.82, 2.24) is 0 Å². The maximum atomic E-state index is 11.4. The van der Waals surface area contributed by atoms with Gasteiger partial charge >= 0.3 is 11.9 Å². The number of carbonyl (C=O) groups is 2. The molecule has 0 aromatic rings. The van der Waals surface area contributed by atoms with Gasteiger partial charge in [-0.2, -0.15) is 0 Å². The summed E-state index contributed by atoms with van der Waals surface area (Å²) < 4.78 is 0. The van der Waals surface area contributed by atoms with Crippen molar-refractivity contribution in [1.29, 1.82) is 0 Å². The van der Waals surface area contributed by atoms with Crippen LogP contribution >= 0.6 is 0 Å². The minimum absolute atomic E-state index is 0.175. The van der Waals surface area contributed by atoms with Crippen LogP contribution in [0.1, 0.15) is 47.0 Å². The molecule has 0 aromatic heterocycles. The highest BCUT2D eigenvalue weighted by Crippen LogP contribution is 2.37. The molecule has 4 nitrogen and oxygen atoms in total. The van der Waals surface area contributed by atoms with Gasteiger partial charge in [-0.3, -0.25) is 9.59 Å². The highest BCUT2D eigenvalue weighted by molar-refractivity contribution is 5.81. The molecule has 2 N–H and O–H groups in total. The quantitative estimate of drug-likeness (QED) is 0.705. The molecule has 0 saturated carbocycles. The zero-order valence-electron chi connectivity index (χ0n) is 10.5. The minimum atomic E-state index is -1.12. The topological polar surface area (TPSA) is 74.6 Å². The van der Waals surface area contributed by atoms with Gasteiger partial charge < -0.3 is 10.2 Å². The smallest absolute Gasteiger partial charge is 0.310 e. The number of hydrogen-bond donors (Lipinski definition) is 2. The van der Waals surface area contributed by atoms with E-state index in [1.54, 1.807) is 0 Å². The second kappa shape index (κ2) is 5.87. The first kappa shape index (κ1) is 14.9. The predicted molar refractivity (Wildman–Crippen MR) is 61.2 cm³/mol. The van der Waals surface area contributed by atoms with Crippen LogP contribution in [0.5, 0.6) is 0 Å². The Kier molecular flexibility index (Phi) is 5.48. The number of aliphatic carboxylic acids is 2. The predicted octanol–water partition coefficient (Wildman–Crippen LogP) is 2.62. The summed E-state index contributed by atoms with van der Waals surface area (Å²) in [5, 5.41) is 18.2. The SMILES string of the molecule is CC(C)CC(CC(=O)O)(CC(C)C)C(=O)O. The summed E-state index contributed by atoms with van der Waals surface area (Å²) >= 11 is 0. The van der Waals surface area contributed by atoms with Gasteiger partial charge in [-0.15, -0.1) is 0 Å². The van der Waals surface area contributed by atoms with E-state index in [1.807, 2.05) is 27.7 Å². The lowest BCUT2D eigenvalue weighted by atomic mass is 9.72. The van der Waals surface area contributed by atoms with Crippen LogP contribution < -0.4 is 0 Å². The van der Waals surface area contributed by atoms with Gasteiger partial charge in [0.1, 0.15) is 0 Å². The third kappa shape index (κ3) is 4.64. The van der Waals surface area contributed by atoms with Crippen molar-refractivity contribution in [3.05, 3.63) is 0 Å². The van der Waals surface area contributed by atoms with E-state index in [9.17, 15) is 14.7 Å². The lowest BCUT2D eigenvalue weighted by Gasteiger charge is -2.31. The standard InChI is InChI=1S/C12H22O4/c1-8(2)5-12(11(15)16,6-9(3)4)7-10(13)14/h8-9H,5-7H2,1-4H3,(H,13,14)(H,15,16). The fourth-order valence-corrected chi connectivity index (χ4v) is 2.33. The Morgan fingerprint density at radius 2 is 1.38 bits per heavy atom. The average molecular weight is 230 g/mol. The molecule has 16 heavy (non-hydrogen) atoms. The van der Waals surface area contributed by atoms with Crippen molar-refractivity contribution in [3.63, 3.8) is 0 Å². The first-order valence-electron chi connectivity index (χ1n) is 5.65. The Labute approximate surface area is 96.7 Å². The molecule has 0 aliphatic rings. The Hall–Kier alpha value is -1.06. The van der Waals surface area contributed by atoms with Crippen LogP contribution in [0, 0.1) is 17.3 Å². The number of hydrogen-bond acceptors (Lipinski definition) is 2. The van der Waals surface area contributed by atoms with Gasteiger partial charge in [-0.05, 0) is 24.7 Å². The van der Waals surface area contributed by atoms with E-state index in [0.717, 1.165) is 0 Å². The second-order valence-corrected chi connectivity index (χ2v) is 5.35. The molecule has 0 spiro atoms. The summed E-state index contributed by atoms with van der Waals surface area (Å²) in [6.07, 6.45) is 0.526. The van der Waals surface area contributed by atoms with Gasteiger partial charge in [0, 0.05) is 0 Å². The van der Waals surface area contributed by atoms with E-state index in [0.29, 0.717) is 12.8 Å². The maximum Gasteiger partial charge on any atom is 0.310 e. The van der Waals surface area contributed by atoms with Crippen LogP contribution in [0.3, 0.4) is 0 Å². The molecule has 0 fully saturated rings. The zero-order chi connectivity index (χ0) is 12.9. The van der Waals surface area contributed by atoms with Crippen LogP contribution in [0.15, 0.2) is 0 Å². The monoisotopic (exact) mass is 230 g/mol. The number of carboxylic acid groups (broad SMARTS) is 2. The Balaban J connectivity index is 5.03. The lowest BCUT2D eigenvalue weighted by molar-refractivity contribution is -0.158. The Morgan fingerprint density at radius 1 is 1.00 bits per heavy atom. The zero-order valence-corrected chi connectivity index (χ0v) is 10.5. The Morgan fingerprint density at radius 3 is 1.56 bits per heavy atom. The van der Waals surface area contributed by atoms with Crippen LogP contribution in [0.4, 0.5) is 0 Å². The summed E-state index contributed by atoms with van der Waals surface area (Å²) in [6.45, 7) is 7.67. The molecule has 0 amide bonds. The van der Waals surface area contributed by atoms with Crippen molar-refractivity contribution in [3.8, 4) is 0 Å². The van der Waals surface area contributed by atoms with Crippen LogP contribution in [-0.2, 0) is 9.59 Å². The third-order valence-corrected chi connectivity index (χ3v) is 2.54. The Bertz CT molecular complexity index is 246. The van der Waals surface area contributed by atoms with Gasteiger partial charge in [0.15, 0.2) is 0 Å². The molecule has 0 aliphatic heterocycles. The molecule has 0 unspecified atom stereocenters. The average Bonchev–Trinajstić information content (AvgIpc) is 1.98. The molecule has 0 aliphatic carbocycles. The second-order valence-electron chi connectivity index (χ2n) is 5.35. The molecule has 0 atom stereocenters. The normalized spacial score (nSPS) is 12.1. The van der Waals surface area contributed by atoms with E-state index in [1.165, 1.54) is 0 Å². The molecule has 4 heteroatoms. The van der Waals surface area contributed by atoms with E-state index in [2.05, 4.69) is 0 Å². The molecular weight excluding hydrogens is 208 g/mol. The molecule has 0 radical (unpaired) electrons. The summed E-state index contributed by atoms with van der Waals surface area (Å²) in [6, 6.07) is 0. The fourth-order valence-electron chi connectivity index (χ4n) is 2.33. The van der Waals surface area contributed by atoms with Crippen LogP contribution in [0.2, 0.25) is 0 Å². The molecule has 0 rings (SSSR count). The lowest BCUT2D eigenvalue weighted by Crippen LogP contribution is -2.36. The molecular formula is C12H22O4. The molecule has 0 saturated heterocycles. The van der Waals surface area contributed by atoms with Crippen molar-refractivity contribution < 1.29 is 19.8 Å². The van der Waals surface area contributed by atoms with E-state index in [4.69, 9.17) is 5.11 Å². The fraction of sp³-hybridized carbons (Fsp3) is 0.833. The van der Waals surface area contributed by atoms with E-state index in [-0.39, 0.29) is 18.3 Å². The van der Waals surface area contributed by atoms with Crippen molar-refractivity contribution >= 4 is 11.9 Å². The van der Waals surface area contributed by atoms with Gasteiger partial charge in [0.05, 0.1) is 11.8 Å². The minimum Gasteiger partial charge on any atom is -0.481 e. The van der Waals surface area contributed by atoms with Crippen molar-refractivity contribution in [2.45, 2.75) is 47.0 Å². The third-order valence-electron chi connectivity index (χ3n) is 2.54. The summed E-state index contributed by atoms with van der Waals surface area (Å²) in [4.78, 5) is 22.2. The summed E-state index contributed by atoms with van der Waals surface area (Å²) in [7, 11) is 0. The molecule has 0 heterocycles. The van der Waals surface area contributed by atoms with Crippen molar-refractivity contribution in [2.75, 3.05) is 0 Å². The maximum absolute atomic E-state index is 11.4. The van der Waals surface area contributed by atoms with Gasteiger partial charge in [0.25, 0.3) is 0 Å². The van der Waals surface area contributed by atoms with Crippen molar-refractivity contribution in [2.24, 2.45) is 17.3 Å². The summed E-state index contributed by atoms with van der Waals surface area (Å²) in [5.74, 6) is -1.68. The largest absolute Gasteiger partial charge is 0.481 e. The van der Waals surface area contributed by atoms with Crippen LogP contribution in [-0.4, -0.2) is 22.2 Å². The molecule has 94 valence electrons. The summed E-state index contributed by atoms with van der Waals surface area (Å²) in [5.41, 5.74) is -1.12. The van der Waals surface area contributed by atoms with Gasteiger partial charge in [-0.1, -0.05) is 27.7 Å². The van der Waals surface area contributed by atoms with E-state index >= 15 is 0 Å². The first-order chi connectivity index (χ1) is 7.19. The number of rotatable bonds is 7. The highest BCUT2D eigenvalue weighted by Gasteiger charge is 2.41. The number of carboxylic acids is 2. The van der Waals surface area contributed by atoms with Crippen LogP contribution in [0.25, 0.3) is 0 Å². The van der Waals surface area contributed by atoms with Gasteiger partial charge in [-0.25, -0.2) is 0 Å². The van der Waals surface area contributed by atoms with E-state index < -0.39 is 17.4 Å². The molecule has 0 bridgehead atoms. The molecule has 0 aromatic carbocycles. The van der Waals surface area contributed by atoms with Gasteiger partial charge in [0.2, 0.25) is 0 Å². The first-order valence-corrected chi connectivity index (χ1v) is 5.65. The highest BCUT2D eigenvalue weighted by atomic mass is 16.4.